The predicted molar refractivity (Wildman–Crippen MR) is 121 cm³/mol. The molecule has 1 N–H and O–H groups in total. The van der Waals surface area contributed by atoms with E-state index >= 15 is 0 Å². The van der Waals surface area contributed by atoms with Gasteiger partial charge in [0, 0.05) is 53.5 Å². The molecule has 0 bridgehead atoms. The van der Waals surface area contributed by atoms with Crippen LogP contribution in [0.2, 0.25) is 5.02 Å². The molecular weight excluding hydrogens is 477 g/mol. The molecular formula is C22H20ClF3N4O2S. The number of amidine groups is 1. The first kappa shape index (κ1) is 23.6. The van der Waals surface area contributed by atoms with Crippen molar-refractivity contribution in [3.63, 3.8) is 0 Å². The van der Waals surface area contributed by atoms with Gasteiger partial charge in [-0.1, -0.05) is 17.7 Å². The molecule has 11 heteroatoms. The number of ether oxygens (including phenoxy) is 1. The van der Waals surface area contributed by atoms with E-state index in [0.717, 1.165) is 30.4 Å². The lowest BCUT2D eigenvalue weighted by atomic mass is 9.94. The van der Waals surface area contributed by atoms with Gasteiger partial charge in [-0.25, -0.2) is 22.9 Å². The summed E-state index contributed by atoms with van der Waals surface area (Å²) in [4.78, 5) is 23.4. The average molecular weight is 497 g/mol. The molecule has 2 aliphatic rings. The number of aliphatic imine (C=N–C) groups is 1. The fourth-order valence-electron chi connectivity index (χ4n) is 3.70. The van der Waals surface area contributed by atoms with Crippen LogP contribution in [0.3, 0.4) is 0 Å². The molecule has 3 heterocycles. The van der Waals surface area contributed by atoms with Gasteiger partial charge in [0.25, 0.3) is 0 Å². The van der Waals surface area contributed by atoms with Crippen molar-refractivity contribution in [1.82, 2.24) is 15.2 Å². The molecule has 0 saturated carbocycles. The van der Waals surface area contributed by atoms with E-state index in [1.807, 2.05) is 11.8 Å². The van der Waals surface area contributed by atoms with Crippen molar-refractivity contribution in [1.29, 1.82) is 0 Å². The summed E-state index contributed by atoms with van der Waals surface area (Å²) in [5, 5.41) is 3.05. The third-order valence-electron chi connectivity index (χ3n) is 5.32. The maximum absolute atomic E-state index is 14.6. The molecule has 33 heavy (non-hydrogen) atoms. The van der Waals surface area contributed by atoms with Crippen LogP contribution in [0.4, 0.5) is 13.2 Å². The van der Waals surface area contributed by atoms with E-state index in [1.165, 1.54) is 19.2 Å². The number of nitrogens with one attached hydrogen (secondary N) is 1. The second kappa shape index (κ2) is 10.1. The molecule has 2 aliphatic heterocycles. The minimum atomic E-state index is -1.00. The SMILES string of the molecule is COC(=O)C1=C(CCN2CCSC2)NC(c2ncc(F)cc2F)=NC1c1ccc(F)cc1Cl. The lowest BCUT2D eigenvalue weighted by molar-refractivity contribution is -0.136. The Morgan fingerprint density at radius 1 is 1.30 bits per heavy atom. The standard InChI is InChI=1S/C22H20ClF3N4O2S/c1-32-22(31)18-17(4-5-30-6-7-33-11-30)28-21(20-16(26)9-13(25)10-27-20)29-19(18)14-3-2-12(24)8-15(14)23/h2-3,8-10,19H,4-7,11H2,1H3,(H,28,29). The second-order valence-electron chi connectivity index (χ2n) is 7.44. The van der Waals surface area contributed by atoms with E-state index in [4.69, 9.17) is 16.3 Å². The van der Waals surface area contributed by atoms with Gasteiger partial charge in [0.1, 0.15) is 23.4 Å². The number of pyridine rings is 1. The Balaban J connectivity index is 1.82. The molecule has 1 atom stereocenters. The monoisotopic (exact) mass is 496 g/mol. The van der Waals surface area contributed by atoms with Crippen LogP contribution in [0.5, 0.6) is 0 Å². The zero-order chi connectivity index (χ0) is 23.5. The molecule has 6 nitrogen and oxygen atoms in total. The summed E-state index contributed by atoms with van der Waals surface area (Å²) < 4.78 is 46.7. The number of hydrogen-bond donors (Lipinski definition) is 1. The number of thioether (sulfide) groups is 1. The zero-order valence-electron chi connectivity index (χ0n) is 17.6. The first-order valence-electron chi connectivity index (χ1n) is 10.1. The second-order valence-corrected chi connectivity index (χ2v) is 8.93. The van der Waals surface area contributed by atoms with Crippen LogP contribution >= 0.6 is 23.4 Å². The number of aromatic nitrogens is 1. The number of rotatable bonds is 6. The lowest BCUT2D eigenvalue weighted by Crippen LogP contribution is -2.36. The van der Waals surface area contributed by atoms with Crippen LogP contribution in [-0.2, 0) is 9.53 Å². The van der Waals surface area contributed by atoms with Gasteiger partial charge < -0.3 is 10.1 Å². The van der Waals surface area contributed by atoms with Crippen molar-refractivity contribution in [3.8, 4) is 0 Å². The summed E-state index contributed by atoms with van der Waals surface area (Å²) in [5.74, 6) is -1.05. The molecule has 4 rings (SSSR count). The van der Waals surface area contributed by atoms with E-state index in [-0.39, 0.29) is 22.1 Å². The van der Waals surface area contributed by atoms with E-state index in [2.05, 4.69) is 20.2 Å². The van der Waals surface area contributed by atoms with E-state index in [0.29, 0.717) is 30.3 Å². The topological polar surface area (TPSA) is 66.8 Å². The van der Waals surface area contributed by atoms with Crippen LogP contribution in [0.1, 0.15) is 23.7 Å². The zero-order valence-corrected chi connectivity index (χ0v) is 19.2. The highest BCUT2D eigenvalue weighted by molar-refractivity contribution is 7.99. The Labute approximate surface area is 197 Å². The first-order valence-corrected chi connectivity index (χ1v) is 11.6. The smallest absolute Gasteiger partial charge is 0.338 e. The summed E-state index contributed by atoms with van der Waals surface area (Å²) in [6.07, 6.45) is 1.28. The van der Waals surface area contributed by atoms with E-state index < -0.39 is 29.5 Å². The molecule has 0 amide bonds. The number of halogens is 4. The maximum Gasteiger partial charge on any atom is 0.338 e. The summed E-state index contributed by atoms with van der Waals surface area (Å²) in [6.45, 7) is 1.54. The van der Waals surface area contributed by atoms with Crippen molar-refractivity contribution in [2.24, 2.45) is 4.99 Å². The van der Waals surface area contributed by atoms with Gasteiger partial charge in [-0.15, -0.1) is 11.8 Å². The molecule has 2 aromatic rings. The molecule has 174 valence electrons. The minimum absolute atomic E-state index is 0.0105. The number of methoxy groups -OCH3 is 1. The van der Waals surface area contributed by atoms with Crippen molar-refractivity contribution in [2.75, 3.05) is 31.8 Å². The Morgan fingerprint density at radius 2 is 2.12 bits per heavy atom. The van der Waals surface area contributed by atoms with Gasteiger partial charge >= 0.3 is 5.97 Å². The highest BCUT2D eigenvalue weighted by Gasteiger charge is 2.34. The number of hydrogen-bond acceptors (Lipinski definition) is 7. The third kappa shape index (κ3) is 5.18. The molecule has 1 unspecified atom stereocenters. The van der Waals surface area contributed by atoms with Crippen LogP contribution in [-0.4, -0.2) is 53.5 Å². The van der Waals surface area contributed by atoms with Gasteiger partial charge in [0.2, 0.25) is 0 Å². The number of benzene rings is 1. The Hall–Kier alpha value is -2.56. The normalized spacial score (nSPS) is 18.8. The van der Waals surface area contributed by atoms with Crippen molar-refractivity contribution < 1.29 is 22.7 Å². The highest BCUT2D eigenvalue weighted by atomic mass is 35.5. The van der Waals surface area contributed by atoms with Crippen molar-refractivity contribution >= 4 is 35.2 Å². The van der Waals surface area contributed by atoms with Crippen LogP contribution in [0.15, 0.2) is 46.7 Å². The van der Waals surface area contributed by atoms with Gasteiger partial charge in [0.05, 0.1) is 18.9 Å². The number of nitrogens with zero attached hydrogens (tertiary/aromatic N) is 3. The van der Waals surface area contributed by atoms with E-state index in [1.54, 1.807) is 0 Å². The quantitative estimate of drug-likeness (QED) is 0.608. The summed E-state index contributed by atoms with van der Waals surface area (Å²) in [7, 11) is 1.24. The van der Waals surface area contributed by atoms with Gasteiger partial charge in [-0.05, 0) is 12.1 Å². The predicted octanol–water partition coefficient (Wildman–Crippen LogP) is 4.07. The summed E-state index contributed by atoms with van der Waals surface area (Å²) in [6, 6.07) is 3.43. The lowest BCUT2D eigenvalue weighted by Gasteiger charge is -2.28. The van der Waals surface area contributed by atoms with Crippen molar-refractivity contribution in [2.45, 2.75) is 12.5 Å². The Bertz CT molecular complexity index is 1140. The largest absolute Gasteiger partial charge is 0.466 e. The van der Waals surface area contributed by atoms with Crippen LogP contribution < -0.4 is 5.32 Å². The average Bonchev–Trinajstić information content (AvgIpc) is 3.30. The fourth-order valence-corrected chi connectivity index (χ4v) is 5.00. The van der Waals surface area contributed by atoms with Crippen molar-refractivity contribution in [3.05, 3.63) is 75.5 Å². The molecule has 1 aromatic carbocycles. The van der Waals surface area contributed by atoms with Gasteiger partial charge in [-0.3, -0.25) is 9.89 Å². The molecule has 1 aromatic heterocycles. The number of esters is 1. The van der Waals surface area contributed by atoms with Crippen LogP contribution in [0, 0.1) is 17.5 Å². The third-order valence-corrected chi connectivity index (χ3v) is 6.67. The molecule has 0 aliphatic carbocycles. The Kier molecular flexibility index (Phi) is 7.26. The molecule has 1 saturated heterocycles. The minimum Gasteiger partial charge on any atom is -0.466 e. The number of carbonyl (C=O) groups is 1. The molecule has 0 spiro atoms. The Morgan fingerprint density at radius 3 is 2.79 bits per heavy atom. The highest BCUT2D eigenvalue weighted by Crippen LogP contribution is 2.37. The molecule has 0 radical (unpaired) electrons. The van der Waals surface area contributed by atoms with Gasteiger partial charge in [0.15, 0.2) is 11.7 Å². The molecule has 1 fully saturated rings. The first-order chi connectivity index (χ1) is 15.9. The van der Waals surface area contributed by atoms with Crippen LogP contribution in [0.25, 0.3) is 0 Å². The van der Waals surface area contributed by atoms with Gasteiger partial charge in [-0.2, -0.15) is 0 Å². The summed E-state index contributed by atoms with van der Waals surface area (Å²) >= 11 is 8.10. The maximum atomic E-state index is 14.6. The van der Waals surface area contributed by atoms with E-state index in [9.17, 15) is 18.0 Å². The fraction of sp³-hybridized carbons (Fsp3) is 0.318. The summed E-state index contributed by atoms with van der Waals surface area (Å²) in [5.41, 5.74) is 0.774. The number of carbonyl (C=O) groups excluding carboxylic acids is 1.